The molecule has 1 N–H and O–H groups in total. The van der Waals surface area contributed by atoms with Gasteiger partial charge in [0.05, 0.1) is 0 Å². The summed E-state index contributed by atoms with van der Waals surface area (Å²) in [6, 6.07) is 0. The molecule has 1 aliphatic heterocycles. The Morgan fingerprint density at radius 3 is 2.45 bits per heavy atom. The van der Waals surface area contributed by atoms with Gasteiger partial charge >= 0.3 is 0 Å². The van der Waals surface area contributed by atoms with Crippen molar-refractivity contribution in [3.05, 3.63) is 0 Å². The van der Waals surface area contributed by atoms with E-state index in [2.05, 4.69) is 5.32 Å². The molecular weight excluding hydrogens is 282 g/mol. The number of Topliss-reactive ketones (excluding diaryl/α,β-unsaturated/α-hetero) is 2. The molecule has 1 saturated heterocycles. The first kappa shape index (κ1) is 13.2. The van der Waals surface area contributed by atoms with Crippen molar-refractivity contribution in [1.82, 2.24) is 5.32 Å². The molecule has 126 valence electrons. The first-order valence-electron chi connectivity index (χ1n) is 9.72. The minimum atomic E-state index is -2.58. The number of epoxide rings is 1. The lowest BCUT2D eigenvalue weighted by molar-refractivity contribution is -0.130. The highest BCUT2D eigenvalue weighted by Gasteiger charge is 2.48. The Morgan fingerprint density at radius 2 is 1.95 bits per heavy atom. The fraction of sp³-hybridized carbons (Fsp3) is 0.824. The maximum absolute atomic E-state index is 12.5. The van der Waals surface area contributed by atoms with Crippen LogP contribution in [0.3, 0.4) is 0 Å². The lowest BCUT2D eigenvalue weighted by Crippen LogP contribution is -2.34. The van der Waals surface area contributed by atoms with E-state index in [1.54, 1.807) is 0 Å². The number of carbonyl (C=O) groups excluding carboxylic acids is 3. The lowest BCUT2D eigenvalue weighted by Gasteiger charge is -2.18. The Hall–Kier alpha value is -1.23. The van der Waals surface area contributed by atoms with Crippen LogP contribution in [0.1, 0.15) is 59.3 Å². The number of rotatable bonds is 10. The zero-order chi connectivity index (χ0) is 20.3. The van der Waals surface area contributed by atoms with Crippen LogP contribution in [0.25, 0.3) is 0 Å². The molecule has 1 unspecified atom stereocenters. The van der Waals surface area contributed by atoms with E-state index in [0.717, 1.165) is 6.42 Å². The molecule has 1 heterocycles. The number of hydrogen-bond acceptors (Lipinski definition) is 4. The third-order valence-corrected chi connectivity index (χ3v) is 3.60. The third kappa shape index (κ3) is 6.26. The summed E-state index contributed by atoms with van der Waals surface area (Å²) in [5.41, 5.74) is 0. The van der Waals surface area contributed by atoms with Crippen molar-refractivity contribution in [1.29, 1.82) is 0 Å². The molecule has 1 fully saturated rings. The van der Waals surface area contributed by atoms with E-state index in [1.165, 1.54) is 13.8 Å². The van der Waals surface area contributed by atoms with Crippen molar-refractivity contribution < 1.29 is 24.6 Å². The van der Waals surface area contributed by atoms with Crippen LogP contribution in [0.4, 0.5) is 0 Å². The zero-order valence-electron chi connectivity index (χ0n) is 17.8. The van der Waals surface area contributed by atoms with Gasteiger partial charge in [-0.05, 0) is 31.6 Å². The summed E-state index contributed by atoms with van der Waals surface area (Å²) in [6.07, 6.45) is -1.39. The van der Waals surface area contributed by atoms with Crippen LogP contribution in [0.15, 0.2) is 0 Å². The zero-order valence-corrected chi connectivity index (χ0v) is 13.8. The number of ether oxygens (including phenoxy) is 1. The van der Waals surface area contributed by atoms with Crippen LogP contribution in [-0.4, -0.2) is 36.2 Å². The van der Waals surface area contributed by atoms with Gasteiger partial charge in [0, 0.05) is 24.4 Å². The standard InChI is InChI=1S/C17H29NO4/c1-10(2)6-7-18-17(21)13(8-11(3)4)9-14(20)16-15(22-16)12(5)19/h10-11,13,15-16H,6-9H2,1-5H3,(H,18,21)/t13-,15-,16-/m1/s1/i3D3,11D/t11?,13-,15-,16-. The van der Waals surface area contributed by atoms with Crippen molar-refractivity contribution in [2.24, 2.45) is 17.7 Å². The van der Waals surface area contributed by atoms with E-state index >= 15 is 0 Å². The van der Waals surface area contributed by atoms with E-state index in [4.69, 9.17) is 10.2 Å². The van der Waals surface area contributed by atoms with Gasteiger partial charge in [0.25, 0.3) is 0 Å². The number of ketones is 2. The molecule has 0 aromatic rings. The molecular formula is C17H29NO4. The van der Waals surface area contributed by atoms with E-state index in [1.807, 2.05) is 13.8 Å². The van der Waals surface area contributed by atoms with Gasteiger partial charge in [0.1, 0.15) is 12.2 Å². The summed E-state index contributed by atoms with van der Waals surface area (Å²) in [5, 5.41) is 2.72. The number of amides is 1. The summed E-state index contributed by atoms with van der Waals surface area (Å²) in [6.45, 7) is 4.42. The van der Waals surface area contributed by atoms with E-state index in [-0.39, 0.29) is 18.6 Å². The summed E-state index contributed by atoms with van der Waals surface area (Å²) >= 11 is 0. The minimum absolute atomic E-state index is 0.244. The first-order chi connectivity index (χ1) is 11.8. The van der Waals surface area contributed by atoms with Gasteiger partial charge < -0.3 is 10.1 Å². The minimum Gasteiger partial charge on any atom is -0.356 e. The van der Waals surface area contributed by atoms with Crippen molar-refractivity contribution in [2.45, 2.75) is 66.0 Å². The van der Waals surface area contributed by atoms with Crippen LogP contribution in [0.2, 0.25) is 0 Å². The van der Waals surface area contributed by atoms with Crippen LogP contribution in [0.5, 0.6) is 0 Å². The Labute approximate surface area is 138 Å². The highest BCUT2D eigenvalue weighted by molar-refractivity contribution is 5.97. The molecule has 1 rings (SSSR count). The molecule has 0 aromatic heterocycles. The lowest BCUT2D eigenvalue weighted by atomic mass is 9.90. The summed E-state index contributed by atoms with van der Waals surface area (Å²) in [5.74, 6) is -3.53. The monoisotopic (exact) mass is 315 g/mol. The average Bonchev–Trinajstić information content (AvgIpc) is 3.25. The second-order valence-corrected chi connectivity index (χ2v) is 6.41. The number of nitrogens with one attached hydrogen (secondary N) is 1. The molecule has 0 spiro atoms. The van der Waals surface area contributed by atoms with E-state index in [0.29, 0.717) is 12.5 Å². The fourth-order valence-corrected chi connectivity index (χ4v) is 2.28. The molecule has 22 heavy (non-hydrogen) atoms. The molecule has 0 radical (unpaired) electrons. The smallest absolute Gasteiger partial charge is 0.223 e. The predicted molar refractivity (Wildman–Crippen MR) is 84.4 cm³/mol. The first-order valence-corrected chi connectivity index (χ1v) is 7.72. The molecule has 5 nitrogen and oxygen atoms in total. The Morgan fingerprint density at radius 1 is 1.27 bits per heavy atom. The molecule has 1 amide bonds. The molecule has 4 atom stereocenters. The Balaban J connectivity index is 2.79. The Bertz CT molecular complexity index is 545. The van der Waals surface area contributed by atoms with Crippen molar-refractivity contribution in [3.8, 4) is 0 Å². The molecule has 0 saturated carbocycles. The maximum Gasteiger partial charge on any atom is 0.223 e. The van der Waals surface area contributed by atoms with Gasteiger partial charge in [-0.2, -0.15) is 0 Å². The SMILES string of the molecule is [2H]C([2H])([2H])C([2H])(C)C[C@H](CC(=O)[C@H]1O[C@@H]1C(C)=O)C(=O)NCCC(C)C. The van der Waals surface area contributed by atoms with Gasteiger partial charge in [0.15, 0.2) is 11.6 Å². The van der Waals surface area contributed by atoms with Crippen LogP contribution < -0.4 is 5.32 Å². The van der Waals surface area contributed by atoms with E-state index < -0.39 is 42.6 Å². The average molecular weight is 315 g/mol. The predicted octanol–water partition coefficient (Wildman–Crippen LogP) is 2.13. The summed E-state index contributed by atoms with van der Waals surface area (Å²) in [7, 11) is 0. The van der Waals surface area contributed by atoms with Crippen LogP contribution in [0, 0.1) is 17.7 Å². The molecule has 0 aliphatic carbocycles. The second-order valence-electron chi connectivity index (χ2n) is 6.41. The molecule has 0 aromatic carbocycles. The number of hydrogen-bond donors (Lipinski definition) is 1. The highest BCUT2D eigenvalue weighted by atomic mass is 16.6. The van der Waals surface area contributed by atoms with Gasteiger partial charge in [-0.1, -0.05) is 27.6 Å². The van der Waals surface area contributed by atoms with Gasteiger partial charge in [-0.3, -0.25) is 14.4 Å². The van der Waals surface area contributed by atoms with Crippen LogP contribution >= 0.6 is 0 Å². The van der Waals surface area contributed by atoms with Crippen molar-refractivity contribution in [2.75, 3.05) is 6.54 Å². The molecule has 1 aliphatic rings. The van der Waals surface area contributed by atoms with Gasteiger partial charge in [-0.25, -0.2) is 0 Å². The Kier molecular flexibility index (Phi) is 5.06. The largest absolute Gasteiger partial charge is 0.356 e. The maximum atomic E-state index is 12.5. The molecule has 0 bridgehead atoms. The summed E-state index contributed by atoms with van der Waals surface area (Å²) in [4.78, 5) is 36.0. The highest BCUT2D eigenvalue weighted by Crippen LogP contribution is 2.27. The fourth-order valence-electron chi connectivity index (χ4n) is 2.28. The number of carbonyl (C=O) groups is 3. The quantitative estimate of drug-likeness (QED) is 0.627. The molecule has 5 heteroatoms. The van der Waals surface area contributed by atoms with Gasteiger partial charge in [0.2, 0.25) is 5.91 Å². The normalized spacial score (nSPS) is 27.7. The van der Waals surface area contributed by atoms with Crippen molar-refractivity contribution in [3.63, 3.8) is 0 Å². The van der Waals surface area contributed by atoms with Crippen LogP contribution in [-0.2, 0) is 19.1 Å². The third-order valence-electron chi connectivity index (χ3n) is 3.60. The van der Waals surface area contributed by atoms with Gasteiger partial charge in [-0.15, -0.1) is 0 Å². The van der Waals surface area contributed by atoms with E-state index in [9.17, 15) is 14.4 Å². The topological polar surface area (TPSA) is 75.8 Å². The van der Waals surface area contributed by atoms with Crippen molar-refractivity contribution >= 4 is 17.5 Å². The summed E-state index contributed by atoms with van der Waals surface area (Å²) < 4.78 is 35.6. The second kappa shape index (κ2) is 8.42.